The Morgan fingerprint density at radius 1 is 1.21 bits per heavy atom. The first-order valence-electron chi connectivity index (χ1n) is 10.4. The van der Waals surface area contributed by atoms with Gasteiger partial charge in [0.2, 0.25) is 5.88 Å². The number of likely N-dealkylation sites (N-methyl/N-ethyl adjacent to an activating group) is 1. The number of ether oxygens (including phenoxy) is 2. The molecule has 0 saturated heterocycles. The van der Waals surface area contributed by atoms with E-state index in [1.54, 1.807) is 37.3 Å². The molecular weight excluding hydrogens is 471 g/mol. The predicted octanol–water partition coefficient (Wildman–Crippen LogP) is 5.30. The summed E-state index contributed by atoms with van der Waals surface area (Å²) >= 11 is 6.10. The zero-order valence-corrected chi connectivity index (χ0v) is 19.2. The summed E-state index contributed by atoms with van der Waals surface area (Å²) < 4.78 is 48.8. The maximum atomic E-state index is 12.9. The molecule has 0 fully saturated rings. The molecule has 1 aliphatic rings. The summed E-state index contributed by atoms with van der Waals surface area (Å²) in [6, 6.07) is 8.30. The largest absolute Gasteiger partial charge is 0.488 e. The Hall–Kier alpha value is -3.33. The number of pyridine rings is 2. The number of rotatable bonds is 6. The van der Waals surface area contributed by atoms with E-state index < -0.39 is 12.8 Å². The van der Waals surface area contributed by atoms with Crippen molar-refractivity contribution < 1.29 is 27.4 Å². The minimum absolute atomic E-state index is 0.0254. The van der Waals surface area contributed by atoms with Gasteiger partial charge in [-0.2, -0.15) is 13.2 Å². The number of halogens is 4. The minimum Gasteiger partial charge on any atom is -0.488 e. The molecule has 0 unspecified atom stereocenters. The van der Waals surface area contributed by atoms with Crippen molar-refractivity contribution in [2.24, 2.45) is 0 Å². The van der Waals surface area contributed by atoms with Gasteiger partial charge in [0.1, 0.15) is 6.61 Å². The van der Waals surface area contributed by atoms with Gasteiger partial charge in [0.25, 0.3) is 0 Å². The molecule has 6 nitrogen and oxygen atoms in total. The highest BCUT2D eigenvalue weighted by molar-refractivity contribution is 6.31. The molecule has 34 heavy (non-hydrogen) atoms. The first-order valence-corrected chi connectivity index (χ1v) is 10.8. The number of hydrogen-bond acceptors (Lipinski definition) is 6. The summed E-state index contributed by atoms with van der Waals surface area (Å²) in [6.07, 6.45) is -1.71. The van der Waals surface area contributed by atoms with Crippen LogP contribution in [0.15, 0.2) is 42.7 Å². The lowest BCUT2D eigenvalue weighted by molar-refractivity contribution is -0.154. The van der Waals surface area contributed by atoms with Crippen molar-refractivity contribution >= 4 is 23.2 Å². The second-order valence-corrected chi connectivity index (χ2v) is 8.39. The Morgan fingerprint density at radius 3 is 2.74 bits per heavy atom. The molecule has 4 rings (SSSR count). The lowest BCUT2D eigenvalue weighted by atomic mass is 10.00. The standard InChI is InChI=1S/C24H21ClF3N3O3/c1-14-7-16(3-4-19(14)25)18-8-15(11-30-23(18)34-13-24(26,27)28)9-20(32)17-10-21-22(29-12-17)31(2)5-6-33-21/h3-4,7-8,10-12H,5-6,9,13H2,1-2H3. The van der Waals surface area contributed by atoms with Crippen molar-refractivity contribution in [2.75, 3.05) is 31.7 Å². The van der Waals surface area contributed by atoms with E-state index in [-0.39, 0.29) is 18.1 Å². The normalized spacial score (nSPS) is 13.3. The minimum atomic E-state index is -4.51. The van der Waals surface area contributed by atoms with Gasteiger partial charge in [-0.3, -0.25) is 4.79 Å². The number of Topliss-reactive ketones (excluding diaryl/α,β-unsaturated/α-hetero) is 1. The third kappa shape index (κ3) is 5.41. The number of aryl methyl sites for hydroxylation is 1. The first kappa shape index (κ1) is 23.8. The van der Waals surface area contributed by atoms with Crippen LogP contribution in [0.25, 0.3) is 11.1 Å². The third-order valence-electron chi connectivity index (χ3n) is 5.31. The molecule has 178 valence electrons. The molecule has 0 amide bonds. The molecule has 3 aromatic rings. The quantitative estimate of drug-likeness (QED) is 0.436. The summed E-state index contributed by atoms with van der Waals surface area (Å²) in [5.41, 5.74) is 2.54. The van der Waals surface area contributed by atoms with E-state index in [9.17, 15) is 18.0 Å². The van der Waals surface area contributed by atoms with E-state index >= 15 is 0 Å². The molecule has 3 heterocycles. The molecule has 0 N–H and O–H groups in total. The SMILES string of the molecule is Cc1cc(-c2cc(CC(=O)c3cnc4c(c3)OCCN4C)cnc2OCC(F)(F)F)ccc1Cl. The van der Waals surface area contributed by atoms with Crippen molar-refractivity contribution in [1.82, 2.24) is 9.97 Å². The molecular formula is C24H21ClF3N3O3. The molecule has 0 saturated carbocycles. The van der Waals surface area contributed by atoms with Gasteiger partial charge in [-0.25, -0.2) is 9.97 Å². The highest BCUT2D eigenvalue weighted by Gasteiger charge is 2.29. The Morgan fingerprint density at radius 2 is 2.00 bits per heavy atom. The van der Waals surface area contributed by atoms with Crippen LogP contribution in [0.1, 0.15) is 21.5 Å². The third-order valence-corrected chi connectivity index (χ3v) is 5.74. The van der Waals surface area contributed by atoms with Crippen LogP contribution in [0.4, 0.5) is 19.0 Å². The van der Waals surface area contributed by atoms with Gasteiger partial charge in [0.05, 0.1) is 6.54 Å². The topological polar surface area (TPSA) is 64.5 Å². The number of hydrogen-bond donors (Lipinski definition) is 0. The van der Waals surface area contributed by atoms with Gasteiger partial charge in [-0.1, -0.05) is 17.7 Å². The lowest BCUT2D eigenvalue weighted by Gasteiger charge is -2.26. The van der Waals surface area contributed by atoms with Gasteiger partial charge in [-0.15, -0.1) is 0 Å². The molecule has 2 aromatic heterocycles. The van der Waals surface area contributed by atoms with Crippen LogP contribution in [0.3, 0.4) is 0 Å². The Labute approximate surface area is 199 Å². The van der Waals surface area contributed by atoms with Gasteiger partial charge >= 0.3 is 6.18 Å². The number of alkyl halides is 3. The zero-order chi connectivity index (χ0) is 24.5. The predicted molar refractivity (Wildman–Crippen MR) is 122 cm³/mol. The van der Waals surface area contributed by atoms with Crippen LogP contribution in [0.5, 0.6) is 11.6 Å². The van der Waals surface area contributed by atoms with Crippen LogP contribution in [-0.2, 0) is 6.42 Å². The van der Waals surface area contributed by atoms with Gasteiger partial charge in [0, 0.05) is 42.0 Å². The first-order chi connectivity index (χ1) is 16.1. The summed E-state index contributed by atoms with van der Waals surface area (Å²) in [5, 5.41) is 0.522. The molecule has 0 bridgehead atoms. The summed E-state index contributed by atoms with van der Waals surface area (Å²) in [6.45, 7) is 1.50. The molecule has 1 aromatic carbocycles. The average molecular weight is 492 g/mol. The number of aromatic nitrogens is 2. The number of benzene rings is 1. The fourth-order valence-electron chi connectivity index (χ4n) is 3.55. The summed E-state index contributed by atoms with van der Waals surface area (Å²) in [5.74, 6) is 0.792. The second kappa shape index (κ2) is 9.50. The van der Waals surface area contributed by atoms with Crippen LogP contribution in [0, 0.1) is 6.92 Å². The van der Waals surface area contributed by atoms with E-state index in [2.05, 4.69) is 9.97 Å². The number of ketones is 1. The van der Waals surface area contributed by atoms with E-state index in [1.807, 2.05) is 11.9 Å². The maximum Gasteiger partial charge on any atom is 0.422 e. The van der Waals surface area contributed by atoms with E-state index in [1.165, 1.54) is 12.4 Å². The lowest BCUT2D eigenvalue weighted by Crippen LogP contribution is -2.29. The van der Waals surface area contributed by atoms with E-state index in [0.717, 1.165) is 5.56 Å². The maximum absolute atomic E-state index is 12.9. The van der Waals surface area contributed by atoms with E-state index in [0.29, 0.717) is 52.0 Å². The molecule has 1 aliphatic heterocycles. The van der Waals surface area contributed by atoms with Gasteiger partial charge < -0.3 is 14.4 Å². The highest BCUT2D eigenvalue weighted by atomic mass is 35.5. The van der Waals surface area contributed by atoms with Crippen LogP contribution in [0.2, 0.25) is 5.02 Å². The van der Waals surface area contributed by atoms with Crippen LogP contribution < -0.4 is 14.4 Å². The van der Waals surface area contributed by atoms with E-state index in [4.69, 9.17) is 21.1 Å². The molecule has 0 aliphatic carbocycles. The molecule has 0 radical (unpaired) electrons. The Kier molecular flexibility index (Phi) is 6.65. The molecule has 10 heteroatoms. The van der Waals surface area contributed by atoms with Crippen molar-refractivity contribution in [2.45, 2.75) is 19.5 Å². The van der Waals surface area contributed by atoms with Crippen molar-refractivity contribution in [3.8, 4) is 22.8 Å². The van der Waals surface area contributed by atoms with Gasteiger partial charge in [0.15, 0.2) is 24.0 Å². The Balaban J connectivity index is 1.63. The summed E-state index contributed by atoms with van der Waals surface area (Å²) in [4.78, 5) is 23.3. The van der Waals surface area contributed by atoms with Crippen molar-refractivity contribution in [1.29, 1.82) is 0 Å². The fourth-order valence-corrected chi connectivity index (χ4v) is 3.66. The number of carbonyl (C=O) groups excluding carboxylic acids is 1. The number of nitrogens with zero attached hydrogens (tertiary/aromatic N) is 3. The highest BCUT2D eigenvalue weighted by Crippen LogP contribution is 2.33. The summed E-state index contributed by atoms with van der Waals surface area (Å²) in [7, 11) is 1.89. The number of carbonyl (C=O) groups is 1. The number of anilines is 1. The molecule has 0 atom stereocenters. The monoisotopic (exact) mass is 491 g/mol. The average Bonchev–Trinajstić information content (AvgIpc) is 2.79. The smallest absolute Gasteiger partial charge is 0.422 e. The molecule has 0 spiro atoms. The van der Waals surface area contributed by atoms with Gasteiger partial charge in [-0.05, 0) is 47.9 Å². The zero-order valence-electron chi connectivity index (χ0n) is 18.4. The van der Waals surface area contributed by atoms with Crippen LogP contribution >= 0.6 is 11.6 Å². The van der Waals surface area contributed by atoms with Crippen molar-refractivity contribution in [3.05, 3.63) is 64.4 Å². The second-order valence-electron chi connectivity index (χ2n) is 7.98. The van der Waals surface area contributed by atoms with Crippen molar-refractivity contribution in [3.63, 3.8) is 0 Å². The number of fused-ring (bicyclic) bond motifs is 1. The Bertz CT molecular complexity index is 1230. The fraction of sp³-hybridized carbons (Fsp3) is 0.292. The van der Waals surface area contributed by atoms with Crippen LogP contribution in [-0.4, -0.2) is 48.7 Å².